The Hall–Kier alpha value is -0.130. The molecule has 0 amide bonds. The third kappa shape index (κ3) is 7.87. The molecule has 61 valence electrons. The second-order valence-corrected chi connectivity index (χ2v) is 2.58. The highest BCUT2D eigenvalue weighted by molar-refractivity contribution is 7.72. The van der Waals surface area contributed by atoms with Gasteiger partial charge >= 0.3 is 0 Å². The minimum Gasteiger partial charge on any atom is -0.380 e. The average Bonchev–Trinajstić information content (AvgIpc) is 1.87. The molecular formula is C5H12NO3S. The number of thiol groups is 1. The van der Waals surface area contributed by atoms with E-state index in [1.165, 1.54) is 0 Å². The fourth-order valence-corrected chi connectivity index (χ4v) is 0.757. The van der Waals surface area contributed by atoms with E-state index in [1.807, 2.05) is 0 Å². The van der Waals surface area contributed by atoms with Crippen molar-refractivity contribution in [3.8, 4) is 0 Å². The first-order chi connectivity index (χ1) is 4.77. The zero-order valence-corrected chi connectivity index (χ0v) is 6.60. The zero-order valence-electron chi connectivity index (χ0n) is 5.71. The summed E-state index contributed by atoms with van der Waals surface area (Å²) < 4.78 is 24.8. The van der Waals surface area contributed by atoms with E-state index in [4.69, 9.17) is 4.74 Å². The standard InChI is InChI=1S/C5H12NO3S/c1-2-9-4-3-6-5-10(7)8/h6,10H,1-5H2. The monoisotopic (exact) mass is 166 g/mol. The van der Waals surface area contributed by atoms with Gasteiger partial charge < -0.3 is 10.1 Å². The van der Waals surface area contributed by atoms with Crippen molar-refractivity contribution in [3.05, 3.63) is 6.92 Å². The van der Waals surface area contributed by atoms with Gasteiger partial charge in [0.2, 0.25) is 0 Å². The van der Waals surface area contributed by atoms with Gasteiger partial charge in [-0.1, -0.05) is 0 Å². The van der Waals surface area contributed by atoms with E-state index in [2.05, 4.69) is 12.2 Å². The lowest BCUT2D eigenvalue weighted by Crippen LogP contribution is -2.21. The number of hydrogen-bond acceptors (Lipinski definition) is 4. The second kappa shape index (κ2) is 6.98. The highest BCUT2D eigenvalue weighted by Crippen LogP contribution is 1.69. The maximum absolute atomic E-state index is 9.95. The molecule has 1 radical (unpaired) electrons. The van der Waals surface area contributed by atoms with Crippen LogP contribution in [0, 0.1) is 6.92 Å². The van der Waals surface area contributed by atoms with Gasteiger partial charge in [-0.05, 0) is 6.92 Å². The Bertz CT molecular complexity index is 127. The van der Waals surface area contributed by atoms with Crippen LogP contribution in [0.2, 0.25) is 0 Å². The predicted molar refractivity (Wildman–Crippen MR) is 39.4 cm³/mol. The highest BCUT2D eigenvalue weighted by Gasteiger charge is 1.86. The van der Waals surface area contributed by atoms with Gasteiger partial charge in [-0.25, -0.2) is 8.42 Å². The largest absolute Gasteiger partial charge is 0.380 e. The van der Waals surface area contributed by atoms with Crippen LogP contribution in [0.4, 0.5) is 0 Å². The Balaban J connectivity index is 2.91. The molecule has 0 bridgehead atoms. The third-order valence-electron chi connectivity index (χ3n) is 0.808. The molecule has 1 N–H and O–H groups in total. The van der Waals surface area contributed by atoms with Gasteiger partial charge in [-0.15, -0.1) is 0 Å². The molecule has 0 atom stereocenters. The van der Waals surface area contributed by atoms with E-state index < -0.39 is 10.7 Å². The van der Waals surface area contributed by atoms with Crippen LogP contribution in [0.5, 0.6) is 0 Å². The maximum Gasteiger partial charge on any atom is 0.153 e. The molecule has 0 aromatic heterocycles. The molecule has 0 saturated carbocycles. The summed E-state index contributed by atoms with van der Waals surface area (Å²) in [5.74, 6) is 0.0236. The first-order valence-corrected chi connectivity index (χ1v) is 4.33. The molecule has 0 heterocycles. The second-order valence-electron chi connectivity index (χ2n) is 1.60. The van der Waals surface area contributed by atoms with Crippen molar-refractivity contribution in [2.24, 2.45) is 0 Å². The molecule has 0 aromatic rings. The molecule has 0 spiro atoms. The molecule has 0 aromatic carbocycles. The van der Waals surface area contributed by atoms with Gasteiger partial charge in [0.25, 0.3) is 0 Å². The van der Waals surface area contributed by atoms with Crippen LogP contribution in [0.1, 0.15) is 0 Å². The fraction of sp³-hybridized carbons (Fsp3) is 0.800. The summed E-state index contributed by atoms with van der Waals surface area (Å²) in [6.45, 7) is 4.93. The lowest BCUT2D eigenvalue weighted by Gasteiger charge is -1.99. The molecule has 0 aliphatic heterocycles. The molecule has 0 aliphatic rings. The summed E-state index contributed by atoms with van der Waals surface area (Å²) in [6.07, 6.45) is 0. The minimum absolute atomic E-state index is 0.0236. The molecule has 0 rings (SSSR count). The number of rotatable bonds is 6. The molecule has 5 heteroatoms. The normalized spacial score (nSPS) is 10.6. The van der Waals surface area contributed by atoms with Gasteiger partial charge in [0, 0.05) is 13.2 Å². The predicted octanol–water partition coefficient (Wildman–Crippen LogP) is -1.00. The van der Waals surface area contributed by atoms with Crippen molar-refractivity contribution >= 4 is 10.7 Å². The van der Waals surface area contributed by atoms with Crippen molar-refractivity contribution in [1.82, 2.24) is 5.32 Å². The third-order valence-corrected chi connectivity index (χ3v) is 1.29. The Labute approximate surface area is 62.5 Å². The molecule has 10 heavy (non-hydrogen) atoms. The van der Waals surface area contributed by atoms with Crippen molar-refractivity contribution in [2.45, 2.75) is 0 Å². The van der Waals surface area contributed by atoms with Gasteiger partial charge in [0.1, 0.15) is 0 Å². The van der Waals surface area contributed by atoms with Crippen molar-refractivity contribution < 1.29 is 13.2 Å². The minimum atomic E-state index is -2.30. The summed E-state index contributed by atoms with van der Waals surface area (Å²) >= 11 is 0. The Morgan fingerprint density at radius 2 is 2.20 bits per heavy atom. The summed E-state index contributed by atoms with van der Waals surface area (Å²) in [7, 11) is -2.30. The first kappa shape index (κ1) is 9.87. The highest BCUT2D eigenvalue weighted by atomic mass is 32.2. The van der Waals surface area contributed by atoms with Crippen LogP contribution >= 0.6 is 0 Å². The topological polar surface area (TPSA) is 55.4 Å². The van der Waals surface area contributed by atoms with Gasteiger partial charge in [0.05, 0.1) is 12.5 Å². The molecule has 0 unspecified atom stereocenters. The van der Waals surface area contributed by atoms with E-state index in [9.17, 15) is 8.42 Å². The van der Waals surface area contributed by atoms with Gasteiger partial charge in [-0.2, -0.15) is 0 Å². The lowest BCUT2D eigenvalue weighted by molar-refractivity contribution is 0.164. The smallest absolute Gasteiger partial charge is 0.153 e. The molecular weight excluding hydrogens is 154 g/mol. The van der Waals surface area contributed by atoms with Crippen molar-refractivity contribution in [1.29, 1.82) is 0 Å². The van der Waals surface area contributed by atoms with Crippen LogP contribution < -0.4 is 5.32 Å². The van der Waals surface area contributed by atoms with E-state index in [-0.39, 0.29) is 5.88 Å². The summed E-state index contributed by atoms with van der Waals surface area (Å²) in [5, 5.41) is 2.67. The average molecular weight is 166 g/mol. The van der Waals surface area contributed by atoms with Crippen LogP contribution in [0.15, 0.2) is 0 Å². The zero-order chi connectivity index (χ0) is 7.82. The van der Waals surface area contributed by atoms with Crippen molar-refractivity contribution in [3.63, 3.8) is 0 Å². The summed E-state index contributed by atoms with van der Waals surface area (Å²) in [5.41, 5.74) is 0. The van der Waals surface area contributed by atoms with Gasteiger partial charge in [-0.3, -0.25) is 0 Å². The van der Waals surface area contributed by atoms with Crippen LogP contribution in [-0.4, -0.2) is 34.1 Å². The van der Waals surface area contributed by atoms with E-state index in [0.717, 1.165) is 0 Å². The Kier molecular flexibility index (Phi) is 6.89. The SMILES string of the molecule is [CH2]COCCNC[SH](=O)=O. The fourth-order valence-electron chi connectivity index (χ4n) is 0.417. The summed E-state index contributed by atoms with van der Waals surface area (Å²) in [6, 6.07) is 0. The number of ether oxygens (including phenoxy) is 1. The van der Waals surface area contributed by atoms with Crippen molar-refractivity contribution in [2.75, 3.05) is 25.6 Å². The molecule has 0 fully saturated rings. The molecule has 0 aliphatic carbocycles. The lowest BCUT2D eigenvalue weighted by atomic mass is 10.7. The van der Waals surface area contributed by atoms with Crippen LogP contribution in [0.3, 0.4) is 0 Å². The molecule has 4 nitrogen and oxygen atoms in total. The Morgan fingerprint density at radius 1 is 1.50 bits per heavy atom. The van der Waals surface area contributed by atoms with Gasteiger partial charge in [0.15, 0.2) is 10.7 Å². The summed E-state index contributed by atoms with van der Waals surface area (Å²) in [4.78, 5) is 0. The Morgan fingerprint density at radius 3 is 2.70 bits per heavy atom. The maximum atomic E-state index is 9.95. The molecule has 0 saturated heterocycles. The van der Waals surface area contributed by atoms with E-state index in [1.54, 1.807) is 0 Å². The number of nitrogens with one attached hydrogen (secondary N) is 1. The van der Waals surface area contributed by atoms with Crippen LogP contribution in [-0.2, 0) is 15.4 Å². The number of hydrogen-bond donors (Lipinski definition) is 2. The van der Waals surface area contributed by atoms with E-state index in [0.29, 0.717) is 19.8 Å². The van der Waals surface area contributed by atoms with E-state index >= 15 is 0 Å². The van der Waals surface area contributed by atoms with Crippen LogP contribution in [0.25, 0.3) is 0 Å². The first-order valence-electron chi connectivity index (χ1n) is 2.97. The quantitative estimate of drug-likeness (QED) is 0.392.